The van der Waals surface area contributed by atoms with Gasteiger partial charge in [-0.3, -0.25) is 19.5 Å². The standard InChI is InChI=1S/C24H20N4O5S/c1-32-21-9-5-6-10-22(21)33-15-23-25-26-24(27(23)18-7-3-2-4-8-18)34-16-20(29)17-11-13-19(14-12-17)28(30)31/h2-14H,15-16H2,1H3. The van der Waals surface area contributed by atoms with Gasteiger partial charge in [-0.25, -0.2) is 0 Å². The first-order valence-corrected chi connectivity index (χ1v) is 11.2. The van der Waals surface area contributed by atoms with Crippen LogP contribution in [0.25, 0.3) is 5.69 Å². The number of hydrogen-bond donors (Lipinski definition) is 0. The Morgan fingerprint density at radius 2 is 1.65 bits per heavy atom. The van der Waals surface area contributed by atoms with E-state index in [2.05, 4.69) is 10.2 Å². The van der Waals surface area contributed by atoms with E-state index in [4.69, 9.17) is 9.47 Å². The maximum absolute atomic E-state index is 12.6. The molecular weight excluding hydrogens is 456 g/mol. The van der Waals surface area contributed by atoms with Gasteiger partial charge >= 0.3 is 0 Å². The number of ketones is 1. The third kappa shape index (κ3) is 5.24. The number of rotatable bonds is 10. The number of para-hydroxylation sites is 3. The van der Waals surface area contributed by atoms with Crippen LogP contribution < -0.4 is 9.47 Å². The van der Waals surface area contributed by atoms with Crippen LogP contribution in [0.2, 0.25) is 0 Å². The number of Topliss-reactive ketones (excluding diaryl/α,β-unsaturated/α-hetero) is 1. The lowest BCUT2D eigenvalue weighted by Gasteiger charge is -2.12. The number of carbonyl (C=O) groups excluding carboxylic acids is 1. The first-order valence-electron chi connectivity index (χ1n) is 10.2. The molecule has 0 aliphatic rings. The Balaban J connectivity index is 1.53. The number of thioether (sulfide) groups is 1. The zero-order valence-corrected chi connectivity index (χ0v) is 19.0. The molecule has 0 saturated carbocycles. The van der Waals surface area contributed by atoms with E-state index in [0.29, 0.717) is 28.0 Å². The molecule has 0 aliphatic heterocycles. The first kappa shape index (κ1) is 23.0. The van der Waals surface area contributed by atoms with Crippen LogP contribution in [0.1, 0.15) is 16.2 Å². The zero-order valence-electron chi connectivity index (χ0n) is 18.2. The minimum Gasteiger partial charge on any atom is -0.493 e. The highest BCUT2D eigenvalue weighted by molar-refractivity contribution is 7.99. The normalized spacial score (nSPS) is 10.6. The molecule has 0 N–H and O–H groups in total. The zero-order chi connectivity index (χ0) is 23.9. The Bertz CT molecular complexity index is 1290. The molecule has 0 amide bonds. The lowest BCUT2D eigenvalue weighted by molar-refractivity contribution is -0.384. The molecule has 0 fully saturated rings. The Morgan fingerprint density at radius 3 is 2.32 bits per heavy atom. The number of methoxy groups -OCH3 is 1. The molecule has 0 spiro atoms. The third-order valence-electron chi connectivity index (χ3n) is 4.87. The molecule has 9 nitrogen and oxygen atoms in total. The molecule has 172 valence electrons. The predicted molar refractivity (Wildman–Crippen MR) is 127 cm³/mol. The van der Waals surface area contributed by atoms with E-state index in [0.717, 1.165) is 5.69 Å². The van der Waals surface area contributed by atoms with E-state index in [1.54, 1.807) is 13.2 Å². The van der Waals surface area contributed by atoms with Gasteiger partial charge in [0.05, 0.1) is 17.8 Å². The number of nitro groups is 1. The summed E-state index contributed by atoms with van der Waals surface area (Å²) in [6.07, 6.45) is 0. The van der Waals surface area contributed by atoms with E-state index in [1.165, 1.54) is 36.0 Å². The molecule has 0 saturated heterocycles. The van der Waals surface area contributed by atoms with Crippen LogP contribution in [0.3, 0.4) is 0 Å². The van der Waals surface area contributed by atoms with E-state index >= 15 is 0 Å². The quantitative estimate of drug-likeness (QED) is 0.140. The number of aromatic nitrogens is 3. The summed E-state index contributed by atoms with van der Waals surface area (Å²) in [5.41, 5.74) is 1.16. The van der Waals surface area contributed by atoms with Crippen molar-refractivity contribution in [3.8, 4) is 17.2 Å². The van der Waals surface area contributed by atoms with Crippen molar-refractivity contribution >= 4 is 23.2 Å². The largest absolute Gasteiger partial charge is 0.493 e. The fraction of sp³-hybridized carbons (Fsp3) is 0.125. The van der Waals surface area contributed by atoms with Gasteiger partial charge in [0, 0.05) is 23.4 Å². The second-order valence-electron chi connectivity index (χ2n) is 7.03. The topological polar surface area (TPSA) is 109 Å². The van der Waals surface area contributed by atoms with Gasteiger partial charge in [0.15, 0.2) is 28.3 Å². The van der Waals surface area contributed by atoms with Gasteiger partial charge in [-0.1, -0.05) is 42.1 Å². The number of benzene rings is 3. The molecule has 0 unspecified atom stereocenters. The van der Waals surface area contributed by atoms with Crippen molar-refractivity contribution in [2.75, 3.05) is 12.9 Å². The molecule has 3 aromatic carbocycles. The number of non-ortho nitro benzene ring substituents is 1. The number of nitrogens with zero attached hydrogens (tertiary/aromatic N) is 4. The van der Waals surface area contributed by atoms with Crippen molar-refractivity contribution in [2.24, 2.45) is 0 Å². The van der Waals surface area contributed by atoms with Crippen LogP contribution in [0, 0.1) is 10.1 Å². The SMILES string of the molecule is COc1ccccc1OCc1nnc(SCC(=O)c2ccc([N+](=O)[O-])cc2)n1-c1ccccc1. The summed E-state index contributed by atoms with van der Waals surface area (Å²) in [5.74, 6) is 1.67. The summed E-state index contributed by atoms with van der Waals surface area (Å²) in [6.45, 7) is 0.138. The molecule has 34 heavy (non-hydrogen) atoms. The number of ether oxygens (including phenoxy) is 2. The first-order chi connectivity index (χ1) is 16.6. The van der Waals surface area contributed by atoms with Crippen molar-refractivity contribution in [3.63, 3.8) is 0 Å². The molecular formula is C24H20N4O5S. The fourth-order valence-corrected chi connectivity index (χ4v) is 4.05. The van der Waals surface area contributed by atoms with Gasteiger partial charge in [0.2, 0.25) is 0 Å². The highest BCUT2D eigenvalue weighted by atomic mass is 32.2. The third-order valence-corrected chi connectivity index (χ3v) is 5.80. The number of nitro benzene ring substituents is 1. The number of carbonyl (C=O) groups is 1. The molecule has 4 rings (SSSR count). The maximum atomic E-state index is 12.6. The predicted octanol–water partition coefficient (Wildman–Crippen LogP) is 4.74. The summed E-state index contributed by atoms with van der Waals surface area (Å²) in [6, 6.07) is 22.4. The summed E-state index contributed by atoms with van der Waals surface area (Å²) in [7, 11) is 1.57. The Labute approximate surface area is 199 Å². The monoisotopic (exact) mass is 476 g/mol. The molecule has 0 atom stereocenters. The maximum Gasteiger partial charge on any atom is 0.269 e. The average Bonchev–Trinajstić information content (AvgIpc) is 3.29. The summed E-state index contributed by atoms with van der Waals surface area (Å²) in [5, 5.41) is 19.9. The molecule has 0 radical (unpaired) electrons. The van der Waals surface area contributed by atoms with Crippen LogP contribution >= 0.6 is 11.8 Å². The van der Waals surface area contributed by atoms with Gasteiger partial charge in [-0.2, -0.15) is 0 Å². The van der Waals surface area contributed by atoms with Crippen molar-refractivity contribution < 1.29 is 19.2 Å². The minimum absolute atomic E-state index is 0.0623. The van der Waals surface area contributed by atoms with Crippen molar-refractivity contribution in [1.29, 1.82) is 0 Å². The van der Waals surface area contributed by atoms with Gasteiger partial charge in [0.25, 0.3) is 5.69 Å². The molecule has 0 bridgehead atoms. The van der Waals surface area contributed by atoms with Crippen LogP contribution in [-0.2, 0) is 6.61 Å². The van der Waals surface area contributed by atoms with E-state index < -0.39 is 4.92 Å². The van der Waals surface area contributed by atoms with Crippen molar-refractivity contribution in [2.45, 2.75) is 11.8 Å². The van der Waals surface area contributed by atoms with Crippen LogP contribution in [0.4, 0.5) is 5.69 Å². The fourth-order valence-electron chi connectivity index (χ4n) is 3.19. The van der Waals surface area contributed by atoms with Gasteiger partial charge in [-0.05, 0) is 36.4 Å². The van der Waals surface area contributed by atoms with E-state index in [-0.39, 0.29) is 23.8 Å². The Kier molecular flexibility index (Phi) is 7.19. The second kappa shape index (κ2) is 10.6. The van der Waals surface area contributed by atoms with Crippen LogP contribution in [-0.4, -0.2) is 38.3 Å². The molecule has 0 aliphatic carbocycles. The van der Waals surface area contributed by atoms with E-state index in [1.807, 2.05) is 53.1 Å². The highest BCUT2D eigenvalue weighted by Gasteiger charge is 2.18. The van der Waals surface area contributed by atoms with Gasteiger partial charge in [0.1, 0.15) is 6.61 Å². The summed E-state index contributed by atoms with van der Waals surface area (Å²) in [4.78, 5) is 23.0. The Hall–Kier alpha value is -4.18. The smallest absolute Gasteiger partial charge is 0.269 e. The minimum atomic E-state index is -0.500. The molecule has 10 heteroatoms. The van der Waals surface area contributed by atoms with Gasteiger partial charge < -0.3 is 9.47 Å². The van der Waals surface area contributed by atoms with Crippen molar-refractivity contribution in [3.05, 3.63) is 100 Å². The number of hydrogen-bond acceptors (Lipinski definition) is 8. The average molecular weight is 477 g/mol. The molecule has 1 aromatic heterocycles. The van der Waals surface area contributed by atoms with E-state index in [9.17, 15) is 14.9 Å². The molecule has 1 heterocycles. The Morgan fingerprint density at radius 1 is 0.971 bits per heavy atom. The van der Waals surface area contributed by atoms with Crippen LogP contribution in [0.5, 0.6) is 11.5 Å². The molecule has 4 aromatic rings. The lowest BCUT2D eigenvalue weighted by Crippen LogP contribution is -2.08. The van der Waals surface area contributed by atoms with Gasteiger partial charge in [-0.15, -0.1) is 10.2 Å². The second-order valence-corrected chi connectivity index (χ2v) is 7.97. The van der Waals surface area contributed by atoms with Crippen LogP contribution in [0.15, 0.2) is 84.0 Å². The summed E-state index contributed by atoms with van der Waals surface area (Å²) >= 11 is 1.23. The highest BCUT2D eigenvalue weighted by Crippen LogP contribution is 2.28. The van der Waals surface area contributed by atoms with Crippen molar-refractivity contribution in [1.82, 2.24) is 14.8 Å². The lowest BCUT2D eigenvalue weighted by atomic mass is 10.1. The summed E-state index contributed by atoms with van der Waals surface area (Å²) < 4.78 is 13.1.